The van der Waals surface area contributed by atoms with Crippen LogP contribution in [0.3, 0.4) is 0 Å². The van der Waals surface area contributed by atoms with Crippen molar-refractivity contribution in [2.75, 3.05) is 46.8 Å². The van der Waals surface area contributed by atoms with Crippen LogP contribution in [-0.4, -0.2) is 79.5 Å². The van der Waals surface area contributed by atoms with Gasteiger partial charge in [-0.3, -0.25) is 4.79 Å². The summed E-state index contributed by atoms with van der Waals surface area (Å²) in [5, 5.41) is 3.37. The summed E-state index contributed by atoms with van der Waals surface area (Å²) in [6, 6.07) is 0.449. The molecule has 2 saturated heterocycles. The van der Waals surface area contributed by atoms with E-state index in [0.717, 1.165) is 51.7 Å². The van der Waals surface area contributed by atoms with Gasteiger partial charge in [0.2, 0.25) is 5.91 Å². The van der Waals surface area contributed by atoms with Crippen LogP contribution in [0, 0.1) is 5.92 Å². The van der Waals surface area contributed by atoms with E-state index in [2.05, 4.69) is 17.1 Å². The number of nitrogens with zero attached hydrogens (tertiary/aromatic N) is 3. The third-order valence-corrected chi connectivity index (χ3v) is 4.99. The van der Waals surface area contributed by atoms with E-state index in [1.54, 1.807) is 19.0 Å². The molecular weight excluding hydrogens is 328 g/mol. The smallest absolute Gasteiger partial charge is 0.319 e. The summed E-state index contributed by atoms with van der Waals surface area (Å²) in [6.45, 7) is 6.40. The van der Waals surface area contributed by atoms with Crippen molar-refractivity contribution in [2.24, 2.45) is 5.92 Å². The van der Waals surface area contributed by atoms with Gasteiger partial charge in [0.15, 0.2) is 0 Å². The number of amides is 3. The Morgan fingerprint density at radius 2 is 1.67 bits per heavy atom. The highest BCUT2D eigenvalue weighted by atomic mass is 35.5. The average Bonchev–Trinajstić information content (AvgIpc) is 2.59. The van der Waals surface area contributed by atoms with Gasteiger partial charge in [0.1, 0.15) is 0 Å². The first-order chi connectivity index (χ1) is 11.0. The van der Waals surface area contributed by atoms with Gasteiger partial charge in [0.05, 0.1) is 0 Å². The van der Waals surface area contributed by atoms with Crippen LogP contribution < -0.4 is 5.32 Å². The van der Waals surface area contributed by atoms with Crippen molar-refractivity contribution < 1.29 is 9.59 Å². The van der Waals surface area contributed by atoms with Crippen LogP contribution in [0.25, 0.3) is 0 Å². The van der Waals surface area contributed by atoms with Gasteiger partial charge in [0, 0.05) is 45.7 Å². The Hall–Kier alpha value is -1.01. The van der Waals surface area contributed by atoms with Crippen LogP contribution in [-0.2, 0) is 4.79 Å². The van der Waals surface area contributed by atoms with Gasteiger partial charge in [-0.1, -0.05) is 6.92 Å². The average molecular weight is 361 g/mol. The Kier molecular flexibility index (Phi) is 8.84. The van der Waals surface area contributed by atoms with Crippen LogP contribution >= 0.6 is 12.4 Å². The van der Waals surface area contributed by atoms with Crippen LogP contribution in [0.1, 0.15) is 39.0 Å². The molecule has 0 aromatic rings. The van der Waals surface area contributed by atoms with Crippen molar-refractivity contribution in [3.63, 3.8) is 0 Å². The number of urea groups is 1. The summed E-state index contributed by atoms with van der Waals surface area (Å²) in [5.41, 5.74) is 0. The predicted molar refractivity (Wildman–Crippen MR) is 98.5 cm³/mol. The lowest BCUT2D eigenvalue weighted by molar-refractivity contribution is -0.140. The lowest BCUT2D eigenvalue weighted by Gasteiger charge is -2.39. The number of carbonyl (C=O) groups excluding carboxylic acids is 2. The third kappa shape index (κ3) is 5.24. The molecule has 2 heterocycles. The summed E-state index contributed by atoms with van der Waals surface area (Å²) in [5.74, 6) is 0.401. The quantitative estimate of drug-likeness (QED) is 0.831. The number of carbonyl (C=O) groups is 2. The van der Waals surface area contributed by atoms with E-state index >= 15 is 0 Å². The highest BCUT2D eigenvalue weighted by Crippen LogP contribution is 2.23. The van der Waals surface area contributed by atoms with Gasteiger partial charge in [-0.15, -0.1) is 12.4 Å². The molecular formula is C17H33ClN4O2. The van der Waals surface area contributed by atoms with Gasteiger partial charge in [-0.25, -0.2) is 4.79 Å². The molecule has 2 rings (SSSR count). The molecule has 0 aromatic heterocycles. The normalized spacial score (nSPS) is 19.5. The zero-order chi connectivity index (χ0) is 16.8. The fourth-order valence-corrected chi connectivity index (χ4v) is 3.67. The van der Waals surface area contributed by atoms with Crippen molar-refractivity contribution >= 4 is 24.3 Å². The van der Waals surface area contributed by atoms with Crippen LogP contribution in [0.5, 0.6) is 0 Å². The van der Waals surface area contributed by atoms with E-state index in [4.69, 9.17) is 0 Å². The first kappa shape index (κ1) is 21.0. The molecule has 0 saturated carbocycles. The van der Waals surface area contributed by atoms with Gasteiger partial charge in [-0.05, 0) is 45.2 Å². The van der Waals surface area contributed by atoms with Gasteiger partial charge in [0.25, 0.3) is 0 Å². The fraction of sp³-hybridized carbons (Fsp3) is 0.882. The van der Waals surface area contributed by atoms with Crippen molar-refractivity contribution in [1.82, 2.24) is 20.0 Å². The largest absolute Gasteiger partial charge is 0.339 e. The Bertz CT molecular complexity index is 405. The zero-order valence-electron chi connectivity index (χ0n) is 15.3. The first-order valence-corrected chi connectivity index (χ1v) is 9.02. The van der Waals surface area contributed by atoms with E-state index < -0.39 is 0 Å². The standard InChI is InChI=1S/C17H32N4O2.ClH/c1-4-11-21(15-5-9-18-10-6-15)16(22)14-7-12-20(13-8-14)17(23)19(2)3;/h14-15,18H,4-13H2,1-3H3;1H. The van der Waals surface area contributed by atoms with Crippen LogP contribution in [0.15, 0.2) is 0 Å². The minimum Gasteiger partial charge on any atom is -0.339 e. The molecule has 0 bridgehead atoms. The van der Waals surface area contributed by atoms with Crippen molar-refractivity contribution in [1.29, 1.82) is 0 Å². The molecule has 0 atom stereocenters. The van der Waals surface area contributed by atoms with Crippen molar-refractivity contribution in [2.45, 2.75) is 45.1 Å². The molecule has 2 fully saturated rings. The number of piperidine rings is 2. The summed E-state index contributed by atoms with van der Waals surface area (Å²) in [7, 11) is 3.55. The zero-order valence-corrected chi connectivity index (χ0v) is 16.1. The van der Waals surface area contributed by atoms with Crippen LogP contribution in [0.2, 0.25) is 0 Å². The maximum Gasteiger partial charge on any atom is 0.319 e. The molecule has 0 spiro atoms. The highest BCUT2D eigenvalue weighted by molar-refractivity contribution is 5.85. The number of hydrogen-bond donors (Lipinski definition) is 1. The van der Waals surface area contributed by atoms with E-state index in [1.807, 2.05) is 4.90 Å². The Morgan fingerprint density at radius 1 is 1.08 bits per heavy atom. The summed E-state index contributed by atoms with van der Waals surface area (Å²) < 4.78 is 0. The van der Waals surface area contributed by atoms with Crippen molar-refractivity contribution in [3.8, 4) is 0 Å². The number of halogens is 1. The number of nitrogens with one attached hydrogen (secondary N) is 1. The Balaban J connectivity index is 0.00000288. The third-order valence-electron chi connectivity index (χ3n) is 4.99. The fourth-order valence-electron chi connectivity index (χ4n) is 3.67. The summed E-state index contributed by atoms with van der Waals surface area (Å²) >= 11 is 0. The molecule has 6 nitrogen and oxygen atoms in total. The highest BCUT2D eigenvalue weighted by Gasteiger charge is 2.33. The molecule has 2 aliphatic rings. The number of hydrogen-bond acceptors (Lipinski definition) is 3. The minimum atomic E-state index is 0. The lowest BCUT2D eigenvalue weighted by Crippen LogP contribution is -2.51. The summed E-state index contributed by atoms with van der Waals surface area (Å²) in [4.78, 5) is 30.6. The molecule has 0 aromatic carbocycles. The molecule has 2 aliphatic heterocycles. The van der Waals surface area contributed by atoms with Gasteiger partial charge < -0.3 is 20.0 Å². The maximum atomic E-state index is 13.0. The van der Waals surface area contributed by atoms with E-state index in [9.17, 15) is 9.59 Å². The number of rotatable bonds is 4. The molecule has 7 heteroatoms. The maximum absolute atomic E-state index is 13.0. The second-order valence-electron chi connectivity index (χ2n) is 6.95. The second kappa shape index (κ2) is 10.1. The van der Waals surface area contributed by atoms with Crippen molar-refractivity contribution in [3.05, 3.63) is 0 Å². The number of likely N-dealkylation sites (tertiary alicyclic amines) is 1. The van der Waals surface area contributed by atoms with Crippen LogP contribution in [0.4, 0.5) is 4.79 Å². The molecule has 0 aliphatic carbocycles. The lowest BCUT2D eigenvalue weighted by atomic mass is 9.93. The topological polar surface area (TPSA) is 55.9 Å². The predicted octanol–water partition coefficient (Wildman–Crippen LogP) is 1.79. The molecule has 3 amide bonds. The molecule has 140 valence electrons. The molecule has 0 radical (unpaired) electrons. The molecule has 24 heavy (non-hydrogen) atoms. The minimum absolute atomic E-state index is 0. The van der Waals surface area contributed by atoms with E-state index in [-0.39, 0.29) is 24.4 Å². The second-order valence-corrected chi connectivity index (χ2v) is 6.95. The van der Waals surface area contributed by atoms with Gasteiger partial charge >= 0.3 is 6.03 Å². The van der Waals surface area contributed by atoms with E-state index in [0.29, 0.717) is 25.0 Å². The van der Waals surface area contributed by atoms with E-state index in [1.165, 1.54) is 0 Å². The molecule has 0 unspecified atom stereocenters. The van der Waals surface area contributed by atoms with Gasteiger partial charge in [-0.2, -0.15) is 0 Å². The summed E-state index contributed by atoms with van der Waals surface area (Å²) in [6.07, 6.45) is 4.72. The SMILES string of the molecule is CCCN(C(=O)C1CCN(C(=O)N(C)C)CC1)C1CCNCC1.Cl. The first-order valence-electron chi connectivity index (χ1n) is 9.02. The Morgan fingerprint density at radius 3 is 2.17 bits per heavy atom. The Labute approximate surface area is 152 Å². The molecule has 1 N–H and O–H groups in total. The monoisotopic (exact) mass is 360 g/mol.